The molecule has 0 bridgehead atoms. The number of aliphatic imine (C=N–C) groups is 2. The molecule has 154 valence electrons. The Hall–Kier alpha value is -2.60. The van der Waals surface area contributed by atoms with Crippen LogP contribution in [0.5, 0.6) is 0 Å². The van der Waals surface area contributed by atoms with Crippen LogP contribution in [-0.2, 0) is 9.53 Å². The standard InChI is InChI=1S/C20H25ClN6O2/c1-26(2)12-19(28)24-14-6-7-16(21)15(11-14)17-13-29-10-4-9-27(17)18-5-3-8-23-20(22)25-18/h6-7,11,17H,4-5,9-10,12-13H2,1-2H3,(H2,22,23)(H,24,28). The zero-order chi connectivity index (χ0) is 20.8. The molecule has 1 aromatic rings. The summed E-state index contributed by atoms with van der Waals surface area (Å²) in [4.78, 5) is 24.4. The number of anilines is 1. The Morgan fingerprint density at radius 1 is 1.48 bits per heavy atom. The highest BCUT2D eigenvalue weighted by molar-refractivity contribution is 6.31. The van der Waals surface area contributed by atoms with Gasteiger partial charge in [-0.1, -0.05) is 17.5 Å². The molecule has 1 unspecified atom stereocenters. The number of ether oxygens (including phenoxy) is 1. The second kappa shape index (κ2) is 9.74. The van der Waals surface area contributed by atoms with Crippen LogP contribution in [0.15, 0.2) is 28.2 Å². The van der Waals surface area contributed by atoms with Gasteiger partial charge in [-0.15, -0.1) is 0 Å². The van der Waals surface area contributed by atoms with Crippen LogP contribution in [0.1, 0.15) is 24.4 Å². The summed E-state index contributed by atoms with van der Waals surface area (Å²) < 4.78 is 5.82. The minimum atomic E-state index is -0.179. The molecule has 1 fully saturated rings. The average Bonchev–Trinajstić information content (AvgIpc) is 3.02. The van der Waals surface area contributed by atoms with Crippen LogP contribution in [0.2, 0.25) is 5.02 Å². The largest absolute Gasteiger partial charge is 0.379 e. The second-order valence-electron chi connectivity index (χ2n) is 7.12. The molecule has 0 spiro atoms. The molecule has 0 aromatic heterocycles. The number of carbonyl (C=O) groups is 1. The molecule has 1 atom stereocenters. The van der Waals surface area contributed by atoms with Gasteiger partial charge in [-0.25, -0.2) is 0 Å². The summed E-state index contributed by atoms with van der Waals surface area (Å²) >= 11 is 6.55. The number of hydrogen-bond donors (Lipinski definition) is 2. The number of amides is 1. The van der Waals surface area contributed by atoms with E-state index in [9.17, 15) is 4.79 Å². The van der Waals surface area contributed by atoms with Crippen LogP contribution < -0.4 is 11.1 Å². The molecule has 2 heterocycles. The molecule has 1 saturated heterocycles. The number of nitrogens with one attached hydrogen (secondary N) is 1. The molecule has 2 aliphatic heterocycles. The normalized spacial score (nSPS) is 19.4. The maximum atomic E-state index is 12.2. The lowest BCUT2D eigenvalue weighted by Crippen LogP contribution is -2.37. The molecule has 8 nitrogen and oxygen atoms in total. The Balaban J connectivity index is 1.91. The number of likely N-dealkylation sites (N-methyl/N-ethyl adjacent to an activating group) is 1. The van der Waals surface area contributed by atoms with Gasteiger partial charge in [-0.3, -0.25) is 4.79 Å². The topological polar surface area (TPSA) is 95.6 Å². The lowest BCUT2D eigenvalue weighted by atomic mass is 10.0. The van der Waals surface area contributed by atoms with Crippen LogP contribution in [0.4, 0.5) is 5.69 Å². The SMILES string of the molecule is CN(C)CC(=O)Nc1ccc(Cl)c(C2COCCCN2C2=NC(N)=NC#CC2)c1. The molecule has 3 N–H and O–H groups in total. The third-order valence-corrected chi connectivity index (χ3v) is 4.85. The number of benzene rings is 1. The molecule has 0 aliphatic carbocycles. The molecule has 9 heteroatoms. The van der Waals surface area contributed by atoms with Gasteiger partial charge >= 0.3 is 0 Å². The quantitative estimate of drug-likeness (QED) is 0.728. The van der Waals surface area contributed by atoms with E-state index in [0.29, 0.717) is 36.9 Å². The van der Waals surface area contributed by atoms with E-state index >= 15 is 0 Å². The van der Waals surface area contributed by atoms with Crippen molar-refractivity contribution in [1.29, 1.82) is 0 Å². The molecule has 0 radical (unpaired) electrons. The van der Waals surface area contributed by atoms with Crippen molar-refractivity contribution in [3.8, 4) is 12.0 Å². The van der Waals surface area contributed by atoms with E-state index in [0.717, 1.165) is 24.4 Å². The van der Waals surface area contributed by atoms with Crippen molar-refractivity contribution in [3.63, 3.8) is 0 Å². The van der Waals surface area contributed by atoms with Gasteiger partial charge < -0.3 is 25.6 Å². The second-order valence-corrected chi connectivity index (χ2v) is 7.53. The van der Waals surface area contributed by atoms with E-state index in [4.69, 9.17) is 22.1 Å². The van der Waals surface area contributed by atoms with Gasteiger partial charge in [0.1, 0.15) is 5.84 Å². The van der Waals surface area contributed by atoms with Gasteiger partial charge in [0.05, 0.1) is 25.6 Å². The predicted molar refractivity (Wildman–Crippen MR) is 115 cm³/mol. The first-order valence-electron chi connectivity index (χ1n) is 9.41. The number of carbonyl (C=O) groups excluding carboxylic acids is 1. The van der Waals surface area contributed by atoms with E-state index in [-0.39, 0.29) is 17.9 Å². The van der Waals surface area contributed by atoms with Crippen molar-refractivity contribution in [3.05, 3.63) is 28.8 Å². The zero-order valence-corrected chi connectivity index (χ0v) is 17.4. The van der Waals surface area contributed by atoms with Crippen LogP contribution in [-0.4, -0.2) is 67.9 Å². The van der Waals surface area contributed by atoms with Crippen molar-refractivity contribution in [2.45, 2.75) is 18.9 Å². The van der Waals surface area contributed by atoms with Gasteiger partial charge in [0.15, 0.2) is 0 Å². The van der Waals surface area contributed by atoms with E-state index in [1.165, 1.54) is 0 Å². The van der Waals surface area contributed by atoms with Crippen LogP contribution in [0.25, 0.3) is 0 Å². The number of amidine groups is 1. The molecular weight excluding hydrogens is 392 g/mol. The van der Waals surface area contributed by atoms with Gasteiger partial charge in [0.25, 0.3) is 0 Å². The monoisotopic (exact) mass is 416 g/mol. The van der Waals surface area contributed by atoms with Gasteiger partial charge in [0.2, 0.25) is 11.9 Å². The van der Waals surface area contributed by atoms with Crippen molar-refractivity contribution < 1.29 is 9.53 Å². The first-order chi connectivity index (χ1) is 13.9. The fourth-order valence-corrected chi connectivity index (χ4v) is 3.53. The summed E-state index contributed by atoms with van der Waals surface area (Å²) in [6, 6.07) is 7.95. The summed E-state index contributed by atoms with van der Waals surface area (Å²) in [5, 5.41) is 3.51. The van der Waals surface area contributed by atoms with E-state index in [1.807, 2.05) is 25.1 Å². The van der Waals surface area contributed by atoms with Gasteiger partial charge in [-0.2, -0.15) is 9.98 Å². The van der Waals surface area contributed by atoms with E-state index in [1.54, 1.807) is 12.1 Å². The van der Waals surface area contributed by atoms with Crippen molar-refractivity contribution in [2.24, 2.45) is 15.7 Å². The first kappa shape index (κ1) is 21.1. The van der Waals surface area contributed by atoms with Crippen molar-refractivity contribution in [2.75, 3.05) is 45.7 Å². The zero-order valence-electron chi connectivity index (χ0n) is 16.6. The predicted octanol–water partition coefficient (Wildman–Crippen LogP) is 1.68. The summed E-state index contributed by atoms with van der Waals surface area (Å²) in [5.41, 5.74) is 7.37. The fraction of sp³-hybridized carbons (Fsp3) is 0.450. The van der Waals surface area contributed by atoms with Crippen LogP contribution in [0.3, 0.4) is 0 Å². The number of guanidine groups is 1. The van der Waals surface area contributed by atoms with Crippen molar-refractivity contribution in [1.82, 2.24) is 9.80 Å². The highest BCUT2D eigenvalue weighted by Gasteiger charge is 2.28. The first-order valence-corrected chi connectivity index (χ1v) is 9.79. The smallest absolute Gasteiger partial charge is 0.238 e. The maximum Gasteiger partial charge on any atom is 0.238 e. The Kier molecular flexibility index (Phi) is 7.09. The summed E-state index contributed by atoms with van der Waals surface area (Å²) in [6.07, 6.45) is 1.29. The third-order valence-electron chi connectivity index (χ3n) is 4.51. The highest BCUT2D eigenvalue weighted by Crippen LogP contribution is 2.32. The molecule has 1 amide bonds. The number of nitrogens with two attached hydrogens (primary N) is 1. The van der Waals surface area contributed by atoms with Gasteiger partial charge in [-0.05, 0) is 44.3 Å². The van der Waals surface area contributed by atoms with Gasteiger partial charge in [0, 0.05) is 29.9 Å². The number of hydrogen-bond acceptors (Lipinski definition) is 7. The number of halogens is 1. The lowest BCUT2D eigenvalue weighted by Gasteiger charge is -2.32. The van der Waals surface area contributed by atoms with E-state index in [2.05, 4.69) is 32.2 Å². The minimum absolute atomic E-state index is 0.0929. The molecular formula is C20H25ClN6O2. The Bertz CT molecular complexity index is 887. The number of nitrogens with zero attached hydrogens (tertiary/aromatic N) is 4. The lowest BCUT2D eigenvalue weighted by molar-refractivity contribution is -0.116. The summed E-state index contributed by atoms with van der Waals surface area (Å²) in [5.74, 6) is 3.75. The number of rotatable bonds is 4. The average molecular weight is 417 g/mol. The fourth-order valence-electron chi connectivity index (χ4n) is 3.29. The summed E-state index contributed by atoms with van der Waals surface area (Å²) in [7, 11) is 3.69. The van der Waals surface area contributed by atoms with Crippen LogP contribution in [0, 0.1) is 12.0 Å². The molecule has 29 heavy (non-hydrogen) atoms. The Morgan fingerprint density at radius 3 is 3.10 bits per heavy atom. The summed E-state index contributed by atoms with van der Waals surface area (Å²) in [6.45, 7) is 2.11. The van der Waals surface area contributed by atoms with Crippen LogP contribution >= 0.6 is 11.6 Å². The van der Waals surface area contributed by atoms with E-state index < -0.39 is 0 Å². The Labute approximate surface area is 175 Å². The Morgan fingerprint density at radius 2 is 2.31 bits per heavy atom. The third kappa shape index (κ3) is 5.70. The minimum Gasteiger partial charge on any atom is -0.379 e. The molecule has 0 saturated carbocycles. The maximum absolute atomic E-state index is 12.2. The molecule has 1 aromatic carbocycles. The highest BCUT2D eigenvalue weighted by atomic mass is 35.5. The molecule has 2 aliphatic rings. The van der Waals surface area contributed by atoms with Crippen molar-refractivity contribution >= 4 is 35.0 Å². The molecule has 3 rings (SSSR count).